The third-order valence-electron chi connectivity index (χ3n) is 5.02. The smallest absolute Gasteiger partial charge is 0.346 e. The molecule has 1 aliphatic heterocycles. The van der Waals surface area contributed by atoms with Crippen LogP contribution < -0.4 is 4.90 Å². The molecule has 0 aliphatic carbocycles. The summed E-state index contributed by atoms with van der Waals surface area (Å²) in [6.07, 6.45) is 1.50. The molecule has 0 amide bonds. The van der Waals surface area contributed by atoms with Crippen LogP contribution in [0.4, 0.5) is 19.1 Å². The van der Waals surface area contributed by atoms with Crippen LogP contribution in [-0.2, 0) is 6.18 Å². The number of piperidine rings is 1. The lowest BCUT2D eigenvalue weighted by Gasteiger charge is -2.31. The number of fused-ring (bicyclic) bond motifs is 1. The summed E-state index contributed by atoms with van der Waals surface area (Å²) >= 11 is 0. The number of nitrogens with one attached hydrogen (secondary N) is 1. The van der Waals surface area contributed by atoms with Crippen molar-refractivity contribution in [1.82, 2.24) is 19.9 Å². The van der Waals surface area contributed by atoms with E-state index >= 15 is 0 Å². The van der Waals surface area contributed by atoms with Crippen molar-refractivity contribution < 1.29 is 13.2 Å². The van der Waals surface area contributed by atoms with Crippen molar-refractivity contribution in [2.45, 2.75) is 19.5 Å². The first kappa shape index (κ1) is 18.2. The Kier molecular flexibility index (Phi) is 4.41. The predicted molar refractivity (Wildman–Crippen MR) is 102 cm³/mol. The van der Waals surface area contributed by atoms with E-state index in [1.165, 1.54) is 0 Å². The van der Waals surface area contributed by atoms with Crippen LogP contribution in [-0.4, -0.2) is 33.0 Å². The number of halogens is 3. The standard InChI is InChI=1S/C20H18F3N5/c1-12-5-8-28(19-26-9-14(10-27-19)20(21,22)23)11-17(12)13(2)15-3-6-24-18-16(15)4-7-25-18/h3-4,6-7,9-10H,1,5,8,11H2,2H3,(H,24,25)/b17-13+. The van der Waals surface area contributed by atoms with E-state index in [1.807, 2.05) is 30.2 Å². The average molecular weight is 385 g/mol. The van der Waals surface area contributed by atoms with Gasteiger partial charge in [-0.3, -0.25) is 0 Å². The summed E-state index contributed by atoms with van der Waals surface area (Å²) in [6.45, 7) is 7.31. The largest absolute Gasteiger partial charge is 0.419 e. The van der Waals surface area contributed by atoms with Gasteiger partial charge >= 0.3 is 6.18 Å². The van der Waals surface area contributed by atoms with Crippen LogP contribution >= 0.6 is 0 Å². The molecule has 0 bridgehead atoms. The zero-order chi connectivity index (χ0) is 19.9. The zero-order valence-corrected chi connectivity index (χ0v) is 15.2. The molecule has 1 aliphatic rings. The summed E-state index contributed by atoms with van der Waals surface area (Å²) in [7, 11) is 0. The lowest BCUT2D eigenvalue weighted by molar-refractivity contribution is -0.138. The lowest BCUT2D eigenvalue weighted by atomic mass is 9.91. The molecule has 0 aromatic carbocycles. The molecule has 0 atom stereocenters. The first-order valence-corrected chi connectivity index (χ1v) is 8.79. The van der Waals surface area contributed by atoms with Gasteiger partial charge in [0.15, 0.2) is 0 Å². The SMILES string of the molecule is C=C1CCN(c2ncc(C(F)(F)F)cn2)C/C1=C(/C)c1ccnc2[nH]ccc12. The molecule has 0 unspecified atom stereocenters. The van der Waals surface area contributed by atoms with E-state index in [0.29, 0.717) is 19.5 Å². The number of nitrogens with zero attached hydrogens (tertiary/aromatic N) is 4. The number of anilines is 1. The summed E-state index contributed by atoms with van der Waals surface area (Å²) in [4.78, 5) is 17.2. The fourth-order valence-electron chi connectivity index (χ4n) is 3.44. The molecule has 3 aromatic rings. The maximum absolute atomic E-state index is 12.7. The molecule has 5 nitrogen and oxygen atoms in total. The van der Waals surface area contributed by atoms with Crippen molar-refractivity contribution in [3.63, 3.8) is 0 Å². The summed E-state index contributed by atoms with van der Waals surface area (Å²) in [5, 5.41) is 1.02. The van der Waals surface area contributed by atoms with Crippen molar-refractivity contribution in [3.8, 4) is 0 Å². The van der Waals surface area contributed by atoms with E-state index in [9.17, 15) is 13.2 Å². The first-order valence-electron chi connectivity index (χ1n) is 8.79. The van der Waals surface area contributed by atoms with E-state index in [0.717, 1.165) is 45.7 Å². The summed E-state index contributed by atoms with van der Waals surface area (Å²) in [5.41, 5.74) is 4.13. The highest BCUT2D eigenvalue weighted by atomic mass is 19.4. The number of aromatic amines is 1. The molecule has 1 fully saturated rings. The predicted octanol–water partition coefficient (Wildman–Crippen LogP) is 4.61. The number of H-pyrrole nitrogens is 1. The number of pyridine rings is 1. The second-order valence-electron chi connectivity index (χ2n) is 6.75. The summed E-state index contributed by atoms with van der Waals surface area (Å²) in [5.74, 6) is 0.285. The van der Waals surface area contributed by atoms with Gasteiger partial charge in [0.2, 0.25) is 5.95 Å². The Labute approximate surface area is 159 Å². The third-order valence-corrected chi connectivity index (χ3v) is 5.02. The summed E-state index contributed by atoms with van der Waals surface area (Å²) in [6, 6.07) is 3.93. The van der Waals surface area contributed by atoms with Crippen LogP contribution in [0.25, 0.3) is 16.6 Å². The minimum Gasteiger partial charge on any atom is -0.346 e. The van der Waals surface area contributed by atoms with Crippen LogP contribution in [0.3, 0.4) is 0 Å². The molecule has 0 saturated carbocycles. The number of alkyl halides is 3. The van der Waals surface area contributed by atoms with Crippen LogP contribution in [0.15, 0.2) is 54.6 Å². The van der Waals surface area contributed by atoms with Gasteiger partial charge in [-0.15, -0.1) is 0 Å². The van der Waals surface area contributed by atoms with Gasteiger partial charge in [0, 0.05) is 43.3 Å². The number of aromatic nitrogens is 4. The Morgan fingerprint density at radius 2 is 1.93 bits per heavy atom. The van der Waals surface area contributed by atoms with Gasteiger partial charge in [-0.05, 0) is 47.8 Å². The number of hydrogen-bond donors (Lipinski definition) is 1. The molecule has 144 valence electrons. The van der Waals surface area contributed by atoms with E-state index in [-0.39, 0.29) is 5.95 Å². The average Bonchev–Trinajstić information content (AvgIpc) is 3.16. The fourth-order valence-corrected chi connectivity index (χ4v) is 3.44. The lowest BCUT2D eigenvalue weighted by Crippen LogP contribution is -2.34. The Bertz CT molecular complexity index is 1060. The number of allylic oxidation sites excluding steroid dienone is 1. The van der Waals surface area contributed by atoms with Gasteiger partial charge in [0.1, 0.15) is 5.65 Å². The second-order valence-corrected chi connectivity index (χ2v) is 6.75. The normalized spacial score (nSPS) is 17.3. The van der Waals surface area contributed by atoms with Gasteiger partial charge in [-0.25, -0.2) is 15.0 Å². The van der Waals surface area contributed by atoms with E-state index < -0.39 is 11.7 Å². The molecular formula is C20H18F3N5. The minimum absolute atomic E-state index is 0.285. The van der Waals surface area contributed by atoms with Crippen LogP contribution in [0.1, 0.15) is 24.5 Å². The summed E-state index contributed by atoms with van der Waals surface area (Å²) < 4.78 is 38.2. The topological polar surface area (TPSA) is 57.7 Å². The van der Waals surface area contributed by atoms with Gasteiger partial charge in [-0.2, -0.15) is 13.2 Å². The maximum Gasteiger partial charge on any atom is 0.419 e. The van der Waals surface area contributed by atoms with Crippen LogP contribution in [0, 0.1) is 0 Å². The monoisotopic (exact) mass is 385 g/mol. The van der Waals surface area contributed by atoms with Crippen molar-refractivity contribution in [1.29, 1.82) is 0 Å². The van der Waals surface area contributed by atoms with Gasteiger partial charge in [-0.1, -0.05) is 6.58 Å². The van der Waals surface area contributed by atoms with E-state index in [2.05, 4.69) is 26.5 Å². The molecule has 28 heavy (non-hydrogen) atoms. The molecule has 0 spiro atoms. The van der Waals surface area contributed by atoms with Gasteiger partial charge in [0.25, 0.3) is 0 Å². The fraction of sp³-hybridized carbons (Fsp3) is 0.250. The van der Waals surface area contributed by atoms with E-state index in [1.54, 1.807) is 6.20 Å². The minimum atomic E-state index is -4.44. The van der Waals surface area contributed by atoms with Gasteiger partial charge in [0.05, 0.1) is 5.56 Å². The number of hydrogen-bond acceptors (Lipinski definition) is 4. The molecule has 3 aromatic heterocycles. The Hall–Kier alpha value is -3.16. The molecule has 4 heterocycles. The Morgan fingerprint density at radius 1 is 1.18 bits per heavy atom. The highest BCUT2D eigenvalue weighted by Gasteiger charge is 2.32. The van der Waals surface area contributed by atoms with Crippen molar-refractivity contribution >= 4 is 22.6 Å². The third kappa shape index (κ3) is 3.26. The molecule has 8 heteroatoms. The van der Waals surface area contributed by atoms with Crippen LogP contribution in [0.5, 0.6) is 0 Å². The molecule has 4 rings (SSSR count). The van der Waals surface area contributed by atoms with Crippen molar-refractivity contribution in [2.75, 3.05) is 18.0 Å². The van der Waals surface area contributed by atoms with Crippen LogP contribution in [0.2, 0.25) is 0 Å². The maximum atomic E-state index is 12.7. The second kappa shape index (κ2) is 6.78. The molecule has 1 N–H and O–H groups in total. The zero-order valence-electron chi connectivity index (χ0n) is 15.2. The number of rotatable bonds is 2. The molecular weight excluding hydrogens is 367 g/mol. The molecule has 1 saturated heterocycles. The quantitative estimate of drug-likeness (QED) is 0.700. The van der Waals surface area contributed by atoms with Gasteiger partial charge < -0.3 is 9.88 Å². The highest BCUT2D eigenvalue weighted by Crippen LogP contribution is 2.33. The van der Waals surface area contributed by atoms with Crippen molar-refractivity contribution in [2.24, 2.45) is 0 Å². The van der Waals surface area contributed by atoms with E-state index in [4.69, 9.17) is 0 Å². The highest BCUT2D eigenvalue weighted by molar-refractivity contribution is 5.91. The Morgan fingerprint density at radius 3 is 2.64 bits per heavy atom. The van der Waals surface area contributed by atoms with Crippen molar-refractivity contribution in [3.05, 3.63) is 65.8 Å². The molecule has 0 radical (unpaired) electrons. The first-order chi connectivity index (χ1) is 13.3. The Balaban J connectivity index is 1.67.